The van der Waals surface area contributed by atoms with Gasteiger partial charge in [0.1, 0.15) is 5.41 Å². The lowest BCUT2D eigenvalue weighted by atomic mass is 9.78. The fraction of sp³-hybridized carbons (Fsp3) is 0.857. The van der Waals surface area contributed by atoms with Crippen LogP contribution in [0.2, 0.25) is 0 Å². The number of oxime groups is 1. The third-order valence-corrected chi connectivity index (χ3v) is 3.83. The van der Waals surface area contributed by atoms with Crippen LogP contribution in [0.4, 0.5) is 0 Å². The quantitative estimate of drug-likeness (QED) is 0.172. The number of amidine groups is 1. The zero-order valence-corrected chi connectivity index (χ0v) is 12.5. The van der Waals surface area contributed by atoms with Crippen molar-refractivity contribution in [3.05, 3.63) is 0 Å². The Kier molecular flexibility index (Phi) is 6.78. The summed E-state index contributed by atoms with van der Waals surface area (Å²) in [5.74, 6) is -0.122. The molecule has 1 fully saturated rings. The van der Waals surface area contributed by atoms with E-state index in [0.29, 0.717) is 26.0 Å². The number of carbonyl (C=O) groups excluding carboxylic acids is 1. The summed E-state index contributed by atoms with van der Waals surface area (Å²) < 4.78 is 5.40. The second-order valence-electron chi connectivity index (χ2n) is 5.66. The fourth-order valence-corrected chi connectivity index (χ4v) is 2.66. The highest BCUT2D eigenvalue weighted by Crippen LogP contribution is 2.35. The van der Waals surface area contributed by atoms with Crippen LogP contribution in [0, 0.1) is 5.41 Å². The molecule has 116 valence electrons. The molecule has 1 amide bonds. The molecule has 0 unspecified atom stereocenters. The minimum absolute atomic E-state index is 0.0293. The van der Waals surface area contributed by atoms with Crippen LogP contribution in [-0.2, 0) is 9.53 Å². The number of hydrogen-bond acceptors (Lipinski definition) is 4. The first-order valence-electron chi connectivity index (χ1n) is 7.41. The van der Waals surface area contributed by atoms with Crippen LogP contribution in [-0.4, -0.2) is 36.2 Å². The molecule has 1 aliphatic rings. The molecule has 0 radical (unpaired) electrons. The van der Waals surface area contributed by atoms with E-state index < -0.39 is 5.41 Å². The molecule has 0 aromatic heterocycles. The van der Waals surface area contributed by atoms with E-state index in [1.807, 2.05) is 13.8 Å². The molecule has 6 nitrogen and oxygen atoms in total. The molecule has 0 bridgehead atoms. The highest BCUT2D eigenvalue weighted by atomic mass is 16.5. The monoisotopic (exact) mass is 285 g/mol. The van der Waals surface area contributed by atoms with Gasteiger partial charge in [-0.3, -0.25) is 4.79 Å². The van der Waals surface area contributed by atoms with Gasteiger partial charge in [0, 0.05) is 6.54 Å². The Morgan fingerprint density at radius 3 is 2.45 bits per heavy atom. The average Bonchev–Trinajstić information content (AvgIpc) is 2.69. The van der Waals surface area contributed by atoms with E-state index in [1.165, 1.54) is 0 Å². The smallest absolute Gasteiger partial charge is 0.234 e. The summed E-state index contributed by atoms with van der Waals surface area (Å²) >= 11 is 0. The maximum atomic E-state index is 12.5. The van der Waals surface area contributed by atoms with Gasteiger partial charge in [0.05, 0.1) is 12.7 Å². The maximum Gasteiger partial charge on any atom is 0.234 e. The van der Waals surface area contributed by atoms with Crippen molar-refractivity contribution in [2.45, 2.75) is 58.5 Å². The van der Waals surface area contributed by atoms with Crippen molar-refractivity contribution in [3.63, 3.8) is 0 Å². The summed E-state index contributed by atoms with van der Waals surface area (Å²) in [5.41, 5.74) is 4.96. The van der Waals surface area contributed by atoms with E-state index in [0.717, 1.165) is 25.7 Å². The van der Waals surface area contributed by atoms with E-state index in [2.05, 4.69) is 10.5 Å². The zero-order chi connectivity index (χ0) is 15.0. The van der Waals surface area contributed by atoms with Crippen LogP contribution in [0.15, 0.2) is 5.16 Å². The number of ether oxygens (including phenoxy) is 1. The first kappa shape index (κ1) is 16.8. The summed E-state index contributed by atoms with van der Waals surface area (Å²) in [6.07, 6.45) is 5.44. The van der Waals surface area contributed by atoms with Gasteiger partial charge in [-0.05, 0) is 26.7 Å². The van der Waals surface area contributed by atoms with Gasteiger partial charge >= 0.3 is 0 Å². The van der Waals surface area contributed by atoms with Crippen molar-refractivity contribution in [1.82, 2.24) is 5.32 Å². The van der Waals surface area contributed by atoms with Gasteiger partial charge in [-0.1, -0.05) is 30.8 Å². The highest BCUT2D eigenvalue weighted by molar-refractivity contribution is 6.06. The zero-order valence-electron chi connectivity index (χ0n) is 12.5. The maximum absolute atomic E-state index is 12.5. The van der Waals surface area contributed by atoms with Crippen molar-refractivity contribution < 1.29 is 14.7 Å². The molecular weight excluding hydrogens is 258 g/mol. The van der Waals surface area contributed by atoms with Crippen LogP contribution in [0.1, 0.15) is 52.4 Å². The lowest BCUT2D eigenvalue weighted by molar-refractivity contribution is -0.128. The molecule has 0 aromatic rings. The minimum Gasteiger partial charge on any atom is -0.409 e. The second kappa shape index (κ2) is 8.09. The molecule has 6 heteroatoms. The van der Waals surface area contributed by atoms with Gasteiger partial charge < -0.3 is 21.0 Å². The molecule has 0 atom stereocenters. The van der Waals surface area contributed by atoms with Crippen molar-refractivity contribution in [2.24, 2.45) is 16.3 Å². The molecule has 1 saturated carbocycles. The van der Waals surface area contributed by atoms with E-state index in [-0.39, 0.29) is 17.8 Å². The van der Waals surface area contributed by atoms with Crippen LogP contribution in [0.25, 0.3) is 0 Å². The number of amides is 1. The average molecular weight is 285 g/mol. The van der Waals surface area contributed by atoms with E-state index >= 15 is 0 Å². The first-order valence-corrected chi connectivity index (χ1v) is 7.41. The molecule has 0 heterocycles. The Balaban J connectivity index is 2.65. The molecule has 20 heavy (non-hydrogen) atoms. The standard InChI is InChI=1S/C14H27N3O3/c1-11(2)20-10-9-16-13(18)14(12(15)17-19)7-5-3-4-6-8-14/h11,19H,3-10H2,1-2H3,(H2,15,17)(H,16,18). The largest absolute Gasteiger partial charge is 0.409 e. The Bertz CT molecular complexity index is 335. The summed E-state index contributed by atoms with van der Waals surface area (Å²) in [7, 11) is 0. The molecule has 1 rings (SSSR count). The predicted molar refractivity (Wildman–Crippen MR) is 77.6 cm³/mol. The second-order valence-corrected chi connectivity index (χ2v) is 5.66. The Morgan fingerprint density at radius 1 is 1.35 bits per heavy atom. The van der Waals surface area contributed by atoms with Crippen LogP contribution in [0.5, 0.6) is 0 Å². The number of hydrogen-bond donors (Lipinski definition) is 3. The first-order chi connectivity index (χ1) is 9.53. The molecule has 0 aliphatic heterocycles. The number of carbonyl (C=O) groups is 1. The van der Waals surface area contributed by atoms with Crippen LogP contribution in [0.3, 0.4) is 0 Å². The van der Waals surface area contributed by atoms with Gasteiger partial charge in [0.15, 0.2) is 5.84 Å². The Labute approximate surface area is 120 Å². The summed E-state index contributed by atoms with van der Waals surface area (Å²) in [4.78, 5) is 12.5. The highest BCUT2D eigenvalue weighted by Gasteiger charge is 2.42. The van der Waals surface area contributed by atoms with Crippen molar-refractivity contribution in [1.29, 1.82) is 0 Å². The molecule has 0 spiro atoms. The lowest BCUT2D eigenvalue weighted by Crippen LogP contribution is -2.50. The fourth-order valence-electron chi connectivity index (χ4n) is 2.66. The van der Waals surface area contributed by atoms with E-state index in [1.54, 1.807) is 0 Å². The van der Waals surface area contributed by atoms with Gasteiger partial charge in [-0.2, -0.15) is 0 Å². The Morgan fingerprint density at radius 2 is 1.95 bits per heavy atom. The summed E-state index contributed by atoms with van der Waals surface area (Å²) in [6.45, 7) is 4.81. The van der Waals surface area contributed by atoms with Gasteiger partial charge in [-0.15, -0.1) is 0 Å². The lowest BCUT2D eigenvalue weighted by Gasteiger charge is -2.29. The number of nitrogens with two attached hydrogens (primary N) is 1. The summed E-state index contributed by atoms with van der Waals surface area (Å²) in [5, 5.41) is 15.0. The minimum atomic E-state index is -0.858. The van der Waals surface area contributed by atoms with Gasteiger partial charge in [0.2, 0.25) is 5.91 Å². The van der Waals surface area contributed by atoms with Crippen molar-refractivity contribution in [2.75, 3.05) is 13.2 Å². The van der Waals surface area contributed by atoms with Crippen LogP contribution < -0.4 is 11.1 Å². The van der Waals surface area contributed by atoms with E-state index in [9.17, 15) is 4.79 Å². The molecule has 0 saturated heterocycles. The van der Waals surface area contributed by atoms with E-state index in [4.69, 9.17) is 15.7 Å². The van der Waals surface area contributed by atoms with Crippen molar-refractivity contribution in [3.8, 4) is 0 Å². The molecule has 1 aliphatic carbocycles. The number of nitrogens with one attached hydrogen (secondary N) is 1. The van der Waals surface area contributed by atoms with Gasteiger partial charge in [-0.25, -0.2) is 0 Å². The molecular formula is C14H27N3O3. The third kappa shape index (κ3) is 4.37. The Hall–Kier alpha value is -1.30. The van der Waals surface area contributed by atoms with Crippen LogP contribution >= 0.6 is 0 Å². The molecule has 4 N–H and O–H groups in total. The predicted octanol–water partition coefficient (Wildman–Crippen LogP) is 1.61. The summed E-state index contributed by atoms with van der Waals surface area (Å²) in [6, 6.07) is 0. The normalized spacial score (nSPS) is 19.6. The van der Waals surface area contributed by atoms with Crippen molar-refractivity contribution >= 4 is 11.7 Å². The third-order valence-electron chi connectivity index (χ3n) is 3.83. The van der Waals surface area contributed by atoms with Gasteiger partial charge in [0.25, 0.3) is 0 Å². The number of rotatable bonds is 6. The number of nitrogens with zero attached hydrogens (tertiary/aromatic N) is 1. The SMILES string of the molecule is CC(C)OCCNC(=O)C1(C(N)=NO)CCCCCC1. The molecule has 0 aromatic carbocycles. The topological polar surface area (TPSA) is 96.9 Å².